The molecule has 1 N–H and O–H groups in total. The molecule has 0 aliphatic heterocycles. The van der Waals surface area contributed by atoms with Gasteiger partial charge in [-0.25, -0.2) is 5.09 Å². The Labute approximate surface area is 136 Å². The first kappa shape index (κ1) is 19.1. The predicted octanol–water partition coefficient (Wildman–Crippen LogP) is 3.55. The van der Waals surface area contributed by atoms with E-state index in [-0.39, 0.29) is 0 Å². The van der Waals surface area contributed by atoms with Crippen LogP contribution in [-0.4, -0.2) is 36.8 Å². The van der Waals surface area contributed by atoms with Crippen LogP contribution in [0.15, 0.2) is 30.3 Å². The summed E-state index contributed by atoms with van der Waals surface area (Å²) in [7, 11) is -3.17. The Morgan fingerprint density at radius 2 is 2.05 bits per heavy atom. The van der Waals surface area contributed by atoms with Crippen molar-refractivity contribution in [3.8, 4) is 5.75 Å². The van der Waals surface area contributed by atoms with Crippen LogP contribution in [0.25, 0.3) is 0 Å². The van der Waals surface area contributed by atoms with E-state index in [9.17, 15) is 9.36 Å². The van der Waals surface area contributed by atoms with Gasteiger partial charge in [-0.2, -0.15) is 11.8 Å². The second-order valence-corrected chi connectivity index (χ2v) is 8.03. The largest absolute Gasteiger partial charge is 0.465 e. The van der Waals surface area contributed by atoms with Crippen molar-refractivity contribution in [2.24, 2.45) is 0 Å². The Morgan fingerprint density at radius 3 is 2.64 bits per heavy atom. The molecule has 0 saturated carbocycles. The fraction of sp³-hybridized carbons (Fsp3) is 0.533. The first-order chi connectivity index (χ1) is 10.5. The van der Waals surface area contributed by atoms with Gasteiger partial charge in [0.25, 0.3) is 0 Å². The van der Waals surface area contributed by atoms with Gasteiger partial charge in [0, 0.05) is 5.75 Å². The van der Waals surface area contributed by atoms with Crippen molar-refractivity contribution in [1.29, 1.82) is 0 Å². The normalized spacial score (nSPS) is 14.9. The van der Waals surface area contributed by atoms with Crippen LogP contribution in [0, 0.1) is 0 Å². The lowest BCUT2D eigenvalue weighted by atomic mass is 10.3. The van der Waals surface area contributed by atoms with E-state index in [2.05, 4.69) is 5.09 Å². The summed E-state index contributed by atoms with van der Waals surface area (Å²) in [5, 5.41) is 2.83. The van der Waals surface area contributed by atoms with E-state index in [1.165, 1.54) is 0 Å². The third-order valence-electron chi connectivity index (χ3n) is 2.78. The molecular weight excluding hydrogens is 321 g/mol. The van der Waals surface area contributed by atoms with E-state index in [1.54, 1.807) is 30.8 Å². The minimum Gasteiger partial charge on any atom is -0.465 e. The first-order valence-electron chi connectivity index (χ1n) is 7.28. The molecule has 7 heteroatoms. The van der Waals surface area contributed by atoms with E-state index in [0.717, 1.165) is 6.42 Å². The number of carbonyl (C=O) groups excluding carboxylic acids is 1. The standard InChI is InChI=1S/C15H24NO4PS/c1-4-10-19-15(17)13(2)16-21(18,11-12-22-3)20-14-8-6-5-7-9-14/h5-9,13H,4,10-12H2,1-3H3,(H,16,18). The van der Waals surface area contributed by atoms with Crippen LogP contribution < -0.4 is 9.61 Å². The van der Waals surface area contributed by atoms with Gasteiger partial charge >= 0.3 is 13.5 Å². The number of para-hydroxylation sites is 1. The van der Waals surface area contributed by atoms with Gasteiger partial charge in [-0.3, -0.25) is 9.36 Å². The molecule has 124 valence electrons. The molecule has 1 rings (SSSR count). The van der Waals surface area contributed by atoms with Crippen LogP contribution in [0.4, 0.5) is 0 Å². The molecule has 0 aliphatic carbocycles. The summed E-state index contributed by atoms with van der Waals surface area (Å²) in [5.74, 6) is 0.782. The topological polar surface area (TPSA) is 64.6 Å². The third kappa shape index (κ3) is 6.86. The Balaban J connectivity index is 2.74. The van der Waals surface area contributed by atoms with Crippen molar-refractivity contribution in [3.05, 3.63) is 30.3 Å². The van der Waals surface area contributed by atoms with Crippen LogP contribution in [0.1, 0.15) is 20.3 Å². The van der Waals surface area contributed by atoms with Crippen molar-refractivity contribution in [1.82, 2.24) is 5.09 Å². The summed E-state index contributed by atoms with van der Waals surface area (Å²) in [6.45, 7) is 3.92. The number of esters is 1. The molecule has 0 saturated heterocycles. The van der Waals surface area contributed by atoms with E-state index >= 15 is 0 Å². The third-order valence-corrected chi connectivity index (χ3v) is 5.79. The molecule has 22 heavy (non-hydrogen) atoms. The second kappa shape index (κ2) is 9.93. The molecule has 0 amide bonds. The number of hydrogen-bond donors (Lipinski definition) is 1. The number of benzene rings is 1. The molecule has 0 spiro atoms. The Hall–Kier alpha value is -0.970. The van der Waals surface area contributed by atoms with Crippen molar-refractivity contribution >= 4 is 25.3 Å². The maximum atomic E-state index is 13.0. The van der Waals surface area contributed by atoms with E-state index in [1.807, 2.05) is 31.4 Å². The number of carbonyl (C=O) groups is 1. The lowest BCUT2D eigenvalue weighted by Gasteiger charge is -2.23. The van der Waals surface area contributed by atoms with Gasteiger partial charge < -0.3 is 9.26 Å². The molecule has 0 aliphatic rings. The molecule has 0 radical (unpaired) electrons. The smallest absolute Gasteiger partial charge is 0.323 e. The lowest BCUT2D eigenvalue weighted by Crippen LogP contribution is -2.35. The highest BCUT2D eigenvalue weighted by molar-refractivity contribution is 7.98. The number of rotatable bonds is 10. The maximum absolute atomic E-state index is 13.0. The molecule has 0 fully saturated rings. The second-order valence-electron chi connectivity index (χ2n) is 4.81. The van der Waals surface area contributed by atoms with Gasteiger partial charge in [0.1, 0.15) is 11.8 Å². The predicted molar refractivity (Wildman–Crippen MR) is 91.8 cm³/mol. The molecule has 1 aromatic rings. The van der Waals surface area contributed by atoms with Crippen LogP contribution >= 0.6 is 19.3 Å². The summed E-state index contributed by atoms with van der Waals surface area (Å²) in [4.78, 5) is 11.8. The Bertz CT molecular complexity index is 498. The highest BCUT2D eigenvalue weighted by Crippen LogP contribution is 2.43. The number of ether oxygens (including phenoxy) is 1. The lowest BCUT2D eigenvalue weighted by molar-refractivity contribution is -0.145. The van der Waals surface area contributed by atoms with Crippen LogP contribution in [0.3, 0.4) is 0 Å². The average molecular weight is 345 g/mol. The van der Waals surface area contributed by atoms with Crippen molar-refractivity contribution in [2.75, 3.05) is 24.8 Å². The molecule has 1 aromatic carbocycles. The van der Waals surface area contributed by atoms with Crippen LogP contribution in [0.2, 0.25) is 0 Å². The SMILES string of the molecule is CCCOC(=O)C(C)NP(=O)(CCSC)Oc1ccccc1. The molecule has 2 atom stereocenters. The summed E-state index contributed by atoms with van der Waals surface area (Å²) in [6, 6.07) is 8.29. The number of thioether (sulfide) groups is 1. The molecule has 5 nitrogen and oxygen atoms in total. The van der Waals surface area contributed by atoms with Crippen LogP contribution in [-0.2, 0) is 14.1 Å². The zero-order chi connectivity index (χ0) is 16.4. The van der Waals surface area contributed by atoms with Crippen molar-refractivity contribution < 1.29 is 18.6 Å². The quantitative estimate of drug-likeness (QED) is 0.517. The van der Waals surface area contributed by atoms with Gasteiger partial charge in [0.05, 0.1) is 12.8 Å². The summed E-state index contributed by atoms with van der Waals surface area (Å²) >= 11 is 1.58. The molecule has 2 unspecified atom stereocenters. The zero-order valence-corrected chi connectivity index (χ0v) is 15.0. The van der Waals surface area contributed by atoms with Gasteiger partial charge in [0.2, 0.25) is 0 Å². The summed E-state index contributed by atoms with van der Waals surface area (Å²) in [6.07, 6.45) is 3.03. The minimum absolute atomic E-state index is 0.342. The average Bonchev–Trinajstić information content (AvgIpc) is 2.51. The van der Waals surface area contributed by atoms with Gasteiger partial charge in [-0.1, -0.05) is 25.1 Å². The number of hydrogen-bond acceptors (Lipinski definition) is 5. The highest BCUT2D eigenvalue weighted by atomic mass is 32.2. The van der Waals surface area contributed by atoms with Crippen LogP contribution in [0.5, 0.6) is 5.75 Å². The summed E-state index contributed by atoms with van der Waals surface area (Å²) < 4.78 is 23.7. The van der Waals surface area contributed by atoms with E-state index < -0.39 is 19.5 Å². The first-order valence-corrected chi connectivity index (χ1v) is 10.5. The number of nitrogens with one attached hydrogen (secondary N) is 1. The molecule has 0 aromatic heterocycles. The maximum Gasteiger partial charge on any atom is 0.323 e. The van der Waals surface area contributed by atoms with Gasteiger partial charge in [-0.05, 0) is 31.7 Å². The van der Waals surface area contributed by atoms with Crippen molar-refractivity contribution in [2.45, 2.75) is 26.3 Å². The van der Waals surface area contributed by atoms with E-state index in [0.29, 0.717) is 24.3 Å². The van der Waals surface area contributed by atoms with Gasteiger partial charge in [-0.15, -0.1) is 0 Å². The van der Waals surface area contributed by atoms with E-state index in [4.69, 9.17) is 9.26 Å². The Morgan fingerprint density at radius 1 is 1.36 bits per heavy atom. The minimum atomic E-state index is -3.17. The van der Waals surface area contributed by atoms with Crippen molar-refractivity contribution in [3.63, 3.8) is 0 Å². The van der Waals surface area contributed by atoms with Gasteiger partial charge in [0.15, 0.2) is 0 Å². The highest BCUT2D eigenvalue weighted by Gasteiger charge is 2.29. The molecular formula is C15H24NO4PS. The molecule has 0 heterocycles. The monoisotopic (exact) mass is 345 g/mol. The summed E-state index contributed by atoms with van der Waals surface area (Å²) in [5.41, 5.74) is 0. The fourth-order valence-electron chi connectivity index (χ4n) is 1.68. The zero-order valence-electron chi connectivity index (χ0n) is 13.3. The molecule has 0 bridgehead atoms. The Kier molecular flexibility index (Phi) is 8.61. The fourth-order valence-corrected chi connectivity index (χ4v) is 4.80.